The van der Waals surface area contributed by atoms with E-state index in [9.17, 15) is 12.8 Å². The van der Waals surface area contributed by atoms with E-state index in [2.05, 4.69) is 10.3 Å². The molecule has 0 amide bonds. The zero-order valence-electron chi connectivity index (χ0n) is 14.6. The monoisotopic (exact) mass is 411 g/mol. The Bertz CT molecular complexity index is 1060. The fourth-order valence-corrected chi connectivity index (χ4v) is 5.12. The first kappa shape index (κ1) is 19.8. The molecule has 0 radical (unpaired) electrons. The number of furan rings is 1. The van der Waals surface area contributed by atoms with Crippen LogP contribution in [0.3, 0.4) is 0 Å². The summed E-state index contributed by atoms with van der Waals surface area (Å²) in [7, 11) is -3.89. The van der Waals surface area contributed by atoms with Crippen molar-refractivity contribution in [2.24, 2.45) is 0 Å². The van der Waals surface area contributed by atoms with E-state index in [1.807, 2.05) is 6.07 Å². The van der Waals surface area contributed by atoms with E-state index in [4.69, 9.17) is 4.42 Å². The molecule has 1 saturated heterocycles. The summed E-state index contributed by atoms with van der Waals surface area (Å²) >= 11 is 0. The Kier molecular flexibility index (Phi) is 5.53. The number of nitrogens with zero attached hydrogens (tertiary/aromatic N) is 2. The molecular formula is C18H19ClFN3O3S. The number of benzene rings is 1. The Hall–Kier alpha value is -2.00. The van der Waals surface area contributed by atoms with Gasteiger partial charge in [-0.2, -0.15) is 4.31 Å². The molecule has 0 aliphatic carbocycles. The molecule has 144 valence electrons. The molecule has 6 nitrogen and oxygen atoms in total. The third-order valence-electron chi connectivity index (χ3n) is 4.66. The zero-order chi connectivity index (χ0) is 18.3. The maximum atomic E-state index is 13.5. The molecule has 1 aromatic carbocycles. The van der Waals surface area contributed by atoms with Gasteiger partial charge >= 0.3 is 0 Å². The molecule has 2 aromatic heterocycles. The second kappa shape index (κ2) is 7.55. The lowest BCUT2D eigenvalue weighted by Gasteiger charge is -2.34. The molecule has 0 spiro atoms. The Balaban J connectivity index is 0.00000210. The molecule has 27 heavy (non-hydrogen) atoms. The molecule has 3 heterocycles. The molecule has 1 unspecified atom stereocenters. The highest BCUT2D eigenvalue weighted by Crippen LogP contribution is 2.34. The Morgan fingerprint density at radius 2 is 2.15 bits per heavy atom. The predicted molar refractivity (Wildman–Crippen MR) is 102 cm³/mol. The van der Waals surface area contributed by atoms with Crippen molar-refractivity contribution in [2.45, 2.75) is 18.1 Å². The number of piperazine rings is 1. The van der Waals surface area contributed by atoms with Crippen LogP contribution in [0.2, 0.25) is 0 Å². The highest BCUT2D eigenvalue weighted by atomic mass is 35.5. The van der Waals surface area contributed by atoms with E-state index in [1.54, 1.807) is 25.4 Å². The van der Waals surface area contributed by atoms with Gasteiger partial charge in [0, 0.05) is 43.0 Å². The molecule has 1 fully saturated rings. The fraction of sp³-hybridized carbons (Fsp3) is 0.278. The predicted octanol–water partition coefficient (Wildman–Crippen LogP) is 3.03. The van der Waals surface area contributed by atoms with Crippen LogP contribution in [0, 0.1) is 12.7 Å². The number of hydrogen-bond acceptors (Lipinski definition) is 5. The first-order valence-electron chi connectivity index (χ1n) is 8.29. The minimum Gasteiger partial charge on any atom is -0.443 e. The minimum atomic E-state index is -3.89. The van der Waals surface area contributed by atoms with Gasteiger partial charge in [0.2, 0.25) is 5.09 Å². The fourth-order valence-electron chi connectivity index (χ4n) is 3.35. The summed E-state index contributed by atoms with van der Waals surface area (Å²) in [6.07, 6.45) is 3.32. The third-order valence-corrected chi connectivity index (χ3v) is 6.57. The van der Waals surface area contributed by atoms with Crippen LogP contribution in [-0.2, 0) is 10.0 Å². The van der Waals surface area contributed by atoms with Crippen LogP contribution in [0.15, 0.2) is 52.2 Å². The summed E-state index contributed by atoms with van der Waals surface area (Å²) in [5.74, 6) is -0.430. The van der Waals surface area contributed by atoms with E-state index in [-0.39, 0.29) is 23.5 Å². The quantitative estimate of drug-likeness (QED) is 0.717. The largest absolute Gasteiger partial charge is 0.443 e. The van der Waals surface area contributed by atoms with Crippen LogP contribution in [0.1, 0.15) is 17.2 Å². The van der Waals surface area contributed by atoms with Gasteiger partial charge in [-0.25, -0.2) is 12.8 Å². The van der Waals surface area contributed by atoms with Gasteiger partial charge < -0.3 is 9.73 Å². The molecule has 9 heteroatoms. The van der Waals surface area contributed by atoms with Gasteiger partial charge in [0.05, 0.1) is 6.04 Å². The Morgan fingerprint density at radius 1 is 1.33 bits per heavy atom. The average molecular weight is 412 g/mol. The van der Waals surface area contributed by atoms with Crippen LogP contribution < -0.4 is 5.32 Å². The van der Waals surface area contributed by atoms with E-state index in [0.29, 0.717) is 36.2 Å². The second-order valence-corrected chi connectivity index (χ2v) is 8.07. The topological polar surface area (TPSA) is 75.4 Å². The molecular weight excluding hydrogens is 393 g/mol. The first-order chi connectivity index (χ1) is 12.5. The molecule has 1 atom stereocenters. The van der Waals surface area contributed by atoms with Crippen molar-refractivity contribution in [2.75, 3.05) is 19.6 Å². The summed E-state index contributed by atoms with van der Waals surface area (Å²) < 4.78 is 47.3. The van der Waals surface area contributed by atoms with Crippen LogP contribution >= 0.6 is 12.4 Å². The van der Waals surface area contributed by atoms with E-state index in [0.717, 1.165) is 5.56 Å². The van der Waals surface area contributed by atoms with Crippen molar-refractivity contribution in [3.63, 3.8) is 0 Å². The van der Waals surface area contributed by atoms with Crippen molar-refractivity contribution in [1.82, 2.24) is 14.6 Å². The van der Waals surface area contributed by atoms with Gasteiger partial charge in [0.1, 0.15) is 11.4 Å². The van der Waals surface area contributed by atoms with E-state index >= 15 is 0 Å². The maximum Gasteiger partial charge on any atom is 0.277 e. The summed E-state index contributed by atoms with van der Waals surface area (Å²) in [6, 6.07) is 7.26. The molecule has 1 aliphatic heterocycles. The van der Waals surface area contributed by atoms with Crippen molar-refractivity contribution >= 4 is 33.4 Å². The van der Waals surface area contributed by atoms with Crippen LogP contribution in [-0.4, -0.2) is 37.3 Å². The van der Waals surface area contributed by atoms with Gasteiger partial charge in [-0.15, -0.1) is 12.4 Å². The lowest BCUT2D eigenvalue weighted by Crippen LogP contribution is -2.48. The number of fused-ring (bicyclic) bond motifs is 1. The van der Waals surface area contributed by atoms with Gasteiger partial charge in [-0.05, 0) is 36.8 Å². The van der Waals surface area contributed by atoms with Crippen molar-refractivity contribution in [1.29, 1.82) is 0 Å². The van der Waals surface area contributed by atoms with Crippen LogP contribution in [0.25, 0.3) is 11.0 Å². The SMILES string of the molecule is Cc1c(S(=O)(=O)N2CCNCC2c2cccnc2)oc2ccc(F)cc12.Cl. The third kappa shape index (κ3) is 3.45. The van der Waals surface area contributed by atoms with E-state index < -0.39 is 15.8 Å². The smallest absolute Gasteiger partial charge is 0.277 e. The normalized spacial score (nSPS) is 18.4. The first-order valence-corrected chi connectivity index (χ1v) is 9.73. The summed E-state index contributed by atoms with van der Waals surface area (Å²) in [4.78, 5) is 4.10. The molecule has 0 saturated carbocycles. The number of halogens is 2. The summed E-state index contributed by atoms with van der Waals surface area (Å²) in [5, 5.41) is 3.56. The number of hydrogen-bond donors (Lipinski definition) is 1. The second-order valence-electron chi connectivity index (χ2n) is 6.28. The number of sulfonamides is 1. The Labute approximate surface area is 162 Å². The van der Waals surface area contributed by atoms with Crippen molar-refractivity contribution in [3.05, 3.63) is 59.7 Å². The van der Waals surface area contributed by atoms with Gasteiger partial charge in [-0.1, -0.05) is 6.07 Å². The molecule has 3 aromatic rings. The number of rotatable bonds is 3. The average Bonchev–Trinajstić information content (AvgIpc) is 2.99. The molecule has 4 rings (SSSR count). The Morgan fingerprint density at radius 3 is 2.89 bits per heavy atom. The number of nitrogens with one attached hydrogen (secondary N) is 1. The highest BCUT2D eigenvalue weighted by molar-refractivity contribution is 7.89. The van der Waals surface area contributed by atoms with Crippen molar-refractivity contribution < 1.29 is 17.2 Å². The summed E-state index contributed by atoms with van der Waals surface area (Å²) in [6.45, 7) is 2.98. The summed E-state index contributed by atoms with van der Waals surface area (Å²) in [5.41, 5.74) is 1.58. The van der Waals surface area contributed by atoms with Crippen molar-refractivity contribution in [3.8, 4) is 0 Å². The van der Waals surface area contributed by atoms with Crippen LogP contribution in [0.5, 0.6) is 0 Å². The lowest BCUT2D eigenvalue weighted by atomic mass is 10.1. The molecule has 0 bridgehead atoms. The van der Waals surface area contributed by atoms with Gasteiger partial charge in [0.25, 0.3) is 10.0 Å². The van der Waals surface area contributed by atoms with Gasteiger partial charge in [-0.3, -0.25) is 4.98 Å². The number of pyridine rings is 1. The van der Waals surface area contributed by atoms with Crippen LogP contribution in [0.4, 0.5) is 4.39 Å². The standard InChI is InChI=1S/C18H18FN3O3S.ClH/c1-12-15-9-14(19)4-5-17(15)25-18(12)26(23,24)22-8-7-21-11-16(22)13-3-2-6-20-10-13;/h2-6,9-10,16,21H,7-8,11H2,1H3;1H. The number of aromatic nitrogens is 1. The lowest BCUT2D eigenvalue weighted by molar-refractivity contribution is 0.265. The minimum absolute atomic E-state index is 0. The molecule has 1 aliphatic rings. The maximum absolute atomic E-state index is 13.5. The highest BCUT2D eigenvalue weighted by Gasteiger charge is 2.38. The number of aryl methyl sites for hydroxylation is 1. The zero-order valence-corrected chi connectivity index (χ0v) is 16.2. The van der Waals surface area contributed by atoms with E-state index in [1.165, 1.54) is 22.5 Å². The molecule has 1 N–H and O–H groups in total. The van der Waals surface area contributed by atoms with Gasteiger partial charge in [0.15, 0.2) is 0 Å².